The van der Waals surface area contributed by atoms with Crippen LogP contribution in [-0.4, -0.2) is 42.0 Å². The molecule has 2 amide bonds. The number of nitrogens with zero attached hydrogens (tertiary/aromatic N) is 1. The van der Waals surface area contributed by atoms with Crippen LogP contribution in [0, 0.1) is 5.92 Å². The highest BCUT2D eigenvalue weighted by Gasteiger charge is 2.37. The summed E-state index contributed by atoms with van der Waals surface area (Å²) in [6.45, 7) is 4.97. The van der Waals surface area contributed by atoms with E-state index in [2.05, 4.69) is 5.32 Å². The summed E-state index contributed by atoms with van der Waals surface area (Å²) in [6, 6.07) is -1.05. The van der Waals surface area contributed by atoms with E-state index in [0.29, 0.717) is 12.3 Å². The molecule has 0 spiro atoms. The average molecular weight is 230 g/mol. The smallest absolute Gasteiger partial charge is 0.245 e. The van der Waals surface area contributed by atoms with Crippen LogP contribution in [0.5, 0.6) is 0 Å². The lowest BCUT2D eigenvalue weighted by Crippen LogP contribution is -2.62. The Bertz CT molecular complexity index is 281. The first-order valence-electron chi connectivity index (χ1n) is 5.64. The van der Waals surface area contributed by atoms with Crippen LogP contribution >= 0.6 is 0 Å². The Hall–Kier alpha value is -1.13. The number of halogens is 1. The van der Waals surface area contributed by atoms with Crippen molar-refractivity contribution in [1.29, 1.82) is 0 Å². The zero-order chi connectivity index (χ0) is 12.3. The van der Waals surface area contributed by atoms with Gasteiger partial charge in [0.15, 0.2) is 0 Å². The largest absolute Gasteiger partial charge is 0.343 e. The molecule has 92 valence electrons. The Morgan fingerprint density at radius 2 is 2.06 bits per heavy atom. The van der Waals surface area contributed by atoms with E-state index in [4.69, 9.17) is 0 Å². The van der Waals surface area contributed by atoms with Gasteiger partial charge in [0, 0.05) is 6.54 Å². The van der Waals surface area contributed by atoms with Crippen molar-refractivity contribution in [3.63, 3.8) is 0 Å². The third kappa shape index (κ3) is 2.71. The maximum absolute atomic E-state index is 12.3. The fourth-order valence-corrected chi connectivity index (χ4v) is 1.91. The van der Waals surface area contributed by atoms with E-state index in [-0.39, 0.29) is 18.4 Å². The summed E-state index contributed by atoms with van der Waals surface area (Å²) in [5.41, 5.74) is 0. The fourth-order valence-electron chi connectivity index (χ4n) is 1.91. The lowest BCUT2D eigenvalue weighted by Gasteiger charge is -2.37. The van der Waals surface area contributed by atoms with Gasteiger partial charge in [-0.3, -0.25) is 9.59 Å². The first-order valence-corrected chi connectivity index (χ1v) is 5.64. The van der Waals surface area contributed by atoms with Crippen molar-refractivity contribution in [1.82, 2.24) is 10.2 Å². The van der Waals surface area contributed by atoms with Crippen LogP contribution in [0.25, 0.3) is 0 Å². The van der Waals surface area contributed by atoms with Gasteiger partial charge in [0.2, 0.25) is 11.8 Å². The molecule has 2 unspecified atom stereocenters. The molecule has 2 atom stereocenters. The second-order valence-electron chi connectivity index (χ2n) is 4.59. The number of hydrogen-bond donors (Lipinski definition) is 1. The molecule has 0 radical (unpaired) electrons. The zero-order valence-corrected chi connectivity index (χ0v) is 10.00. The van der Waals surface area contributed by atoms with Crippen LogP contribution in [0.3, 0.4) is 0 Å². The van der Waals surface area contributed by atoms with E-state index in [1.165, 1.54) is 4.90 Å². The van der Waals surface area contributed by atoms with Crippen LogP contribution in [0.1, 0.15) is 27.2 Å². The number of nitrogens with one attached hydrogen (secondary N) is 1. The van der Waals surface area contributed by atoms with Crippen LogP contribution in [0.2, 0.25) is 0 Å². The zero-order valence-electron chi connectivity index (χ0n) is 10.00. The lowest BCUT2D eigenvalue weighted by molar-refractivity contribution is -0.149. The molecule has 4 nitrogen and oxygen atoms in total. The van der Waals surface area contributed by atoms with Crippen molar-refractivity contribution < 1.29 is 14.0 Å². The molecular weight excluding hydrogens is 211 g/mol. The number of rotatable bonds is 4. The van der Waals surface area contributed by atoms with Crippen molar-refractivity contribution in [3.05, 3.63) is 0 Å². The van der Waals surface area contributed by atoms with Gasteiger partial charge >= 0.3 is 0 Å². The predicted molar refractivity (Wildman–Crippen MR) is 58.5 cm³/mol. The first-order chi connectivity index (χ1) is 7.47. The van der Waals surface area contributed by atoms with Crippen LogP contribution in [-0.2, 0) is 9.59 Å². The van der Waals surface area contributed by atoms with Gasteiger partial charge in [-0.05, 0) is 19.3 Å². The maximum Gasteiger partial charge on any atom is 0.245 e. The normalized spacial score (nSPS) is 26.2. The fraction of sp³-hybridized carbons (Fsp3) is 0.818. The summed E-state index contributed by atoms with van der Waals surface area (Å²) in [4.78, 5) is 24.9. The molecule has 1 saturated heterocycles. The van der Waals surface area contributed by atoms with Gasteiger partial charge in [-0.15, -0.1) is 0 Å². The molecule has 0 aliphatic carbocycles. The van der Waals surface area contributed by atoms with Crippen molar-refractivity contribution in [3.8, 4) is 0 Å². The quantitative estimate of drug-likeness (QED) is 0.773. The Kier molecular flexibility index (Phi) is 4.26. The molecule has 16 heavy (non-hydrogen) atoms. The highest BCUT2D eigenvalue weighted by atomic mass is 19.1. The number of hydrogen-bond acceptors (Lipinski definition) is 2. The topological polar surface area (TPSA) is 49.4 Å². The van der Waals surface area contributed by atoms with Crippen LogP contribution in [0.15, 0.2) is 0 Å². The van der Waals surface area contributed by atoms with Crippen molar-refractivity contribution in [2.45, 2.75) is 39.3 Å². The van der Waals surface area contributed by atoms with Crippen LogP contribution < -0.4 is 5.32 Å². The predicted octanol–water partition coefficient (Wildman–Crippen LogP) is 0.717. The molecule has 1 N–H and O–H groups in total. The van der Waals surface area contributed by atoms with E-state index >= 15 is 0 Å². The third-order valence-corrected chi connectivity index (χ3v) is 2.78. The van der Waals surface area contributed by atoms with E-state index < -0.39 is 18.8 Å². The summed E-state index contributed by atoms with van der Waals surface area (Å²) >= 11 is 0. The maximum atomic E-state index is 12.3. The Balaban J connectivity index is 2.76. The highest BCUT2D eigenvalue weighted by Crippen LogP contribution is 2.15. The third-order valence-electron chi connectivity index (χ3n) is 2.78. The van der Waals surface area contributed by atoms with Gasteiger partial charge in [0.05, 0.1) is 0 Å². The molecule has 0 aromatic rings. The van der Waals surface area contributed by atoms with Crippen molar-refractivity contribution in [2.24, 2.45) is 5.92 Å². The van der Waals surface area contributed by atoms with Gasteiger partial charge in [0.1, 0.15) is 18.8 Å². The molecule has 0 bridgehead atoms. The molecular formula is C11H19FN2O2. The molecule has 1 fully saturated rings. The number of alkyl halides is 1. The minimum absolute atomic E-state index is 0.00200. The van der Waals surface area contributed by atoms with Gasteiger partial charge < -0.3 is 10.2 Å². The molecule has 1 rings (SSSR count). The highest BCUT2D eigenvalue weighted by molar-refractivity contribution is 5.96. The minimum Gasteiger partial charge on any atom is -0.343 e. The molecule has 0 saturated carbocycles. The molecule has 1 aliphatic heterocycles. The average Bonchev–Trinajstić information content (AvgIpc) is 2.20. The summed E-state index contributed by atoms with van der Waals surface area (Å²) in [5, 5.41) is 2.68. The molecule has 0 aromatic carbocycles. The molecule has 5 heteroatoms. The second kappa shape index (κ2) is 5.27. The summed E-state index contributed by atoms with van der Waals surface area (Å²) in [6.07, 6.45) is 0.597. The Morgan fingerprint density at radius 3 is 2.56 bits per heavy atom. The summed E-state index contributed by atoms with van der Waals surface area (Å²) < 4.78 is 12.3. The van der Waals surface area contributed by atoms with Gasteiger partial charge in [-0.1, -0.05) is 13.8 Å². The SMILES string of the molecule is CC(C)CC1NC(=O)C(C)N(CCF)C1=O. The standard InChI is InChI=1S/C11H19FN2O2/c1-7(2)6-9-11(16)14(5-4-12)8(3)10(15)13-9/h7-9H,4-6H2,1-3H3,(H,13,15). The van der Waals surface area contributed by atoms with Crippen molar-refractivity contribution >= 4 is 11.8 Å². The molecule has 1 heterocycles. The number of piperazine rings is 1. The van der Waals surface area contributed by atoms with Gasteiger partial charge in [0.25, 0.3) is 0 Å². The summed E-state index contributed by atoms with van der Waals surface area (Å²) in [5.74, 6) is -0.0490. The Morgan fingerprint density at radius 1 is 1.44 bits per heavy atom. The molecule has 0 aromatic heterocycles. The van der Waals surface area contributed by atoms with E-state index in [9.17, 15) is 14.0 Å². The summed E-state index contributed by atoms with van der Waals surface area (Å²) in [7, 11) is 0. The number of carbonyl (C=O) groups is 2. The van der Waals surface area contributed by atoms with Crippen molar-refractivity contribution in [2.75, 3.05) is 13.2 Å². The van der Waals surface area contributed by atoms with E-state index in [1.54, 1.807) is 6.92 Å². The van der Waals surface area contributed by atoms with Gasteiger partial charge in [-0.25, -0.2) is 4.39 Å². The Labute approximate surface area is 95.2 Å². The minimum atomic E-state index is -0.613. The first kappa shape index (κ1) is 12.9. The number of carbonyl (C=O) groups excluding carboxylic acids is 2. The monoisotopic (exact) mass is 230 g/mol. The number of amides is 2. The van der Waals surface area contributed by atoms with E-state index in [0.717, 1.165) is 0 Å². The van der Waals surface area contributed by atoms with Crippen LogP contribution in [0.4, 0.5) is 4.39 Å². The van der Waals surface area contributed by atoms with Gasteiger partial charge in [-0.2, -0.15) is 0 Å². The second-order valence-corrected chi connectivity index (χ2v) is 4.59. The molecule has 1 aliphatic rings. The lowest BCUT2D eigenvalue weighted by atomic mass is 9.99. The van der Waals surface area contributed by atoms with E-state index in [1.807, 2.05) is 13.8 Å².